The number of hydrogen-bond donors (Lipinski definition) is 2. The van der Waals surface area contributed by atoms with Gasteiger partial charge in [-0.2, -0.15) is 10.2 Å². The Kier molecular flexibility index (Phi) is 5.93. The number of benzene rings is 2. The molecule has 174 valence electrons. The molecule has 8 heteroatoms. The Balaban J connectivity index is 0.00000180. The van der Waals surface area contributed by atoms with Gasteiger partial charge in [0.05, 0.1) is 23.0 Å². The van der Waals surface area contributed by atoms with Gasteiger partial charge in [-0.15, -0.1) is 0 Å². The maximum absolute atomic E-state index is 9.62. The molecule has 0 saturated heterocycles. The fraction of sp³-hybridized carbons (Fsp3) is 0.231. The highest BCUT2D eigenvalue weighted by atomic mass is 16.5. The zero-order valence-corrected chi connectivity index (χ0v) is 19.1. The van der Waals surface area contributed by atoms with Crippen LogP contribution in [0.1, 0.15) is 21.3 Å². The van der Waals surface area contributed by atoms with Gasteiger partial charge in [-0.25, -0.2) is 4.98 Å². The van der Waals surface area contributed by atoms with Gasteiger partial charge in [0, 0.05) is 26.2 Å². The predicted octanol–water partition coefficient (Wildman–Crippen LogP) is 5.35. The lowest BCUT2D eigenvalue weighted by atomic mass is 9.88. The Morgan fingerprint density at radius 1 is 1.03 bits per heavy atom. The van der Waals surface area contributed by atoms with Crippen LogP contribution < -0.4 is 15.4 Å². The van der Waals surface area contributed by atoms with E-state index in [2.05, 4.69) is 50.6 Å². The van der Waals surface area contributed by atoms with Gasteiger partial charge >= 0.3 is 0 Å². The van der Waals surface area contributed by atoms with Crippen LogP contribution in [-0.2, 0) is 0 Å². The smallest absolute Gasteiger partial charge is 0.229 e. The third-order valence-electron chi connectivity index (χ3n) is 5.97. The lowest BCUT2D eigenvalue weighted by Crippen LogP contribution is -2.46. The Labute approximate surface area is 201 Å². The maximum Gasteiger partial charge on any atom is 0.229 e. The second-order valence-electron chi connectivity index (χ2n) is 8.58. The number of nitriles is 1. The van der Waals surface area contributed by atoms with E-state index in [-0.39, 0.29) is 8.96 Å². The van der Waals surface area contributed by atoms with Gasteiger partial charge in [0.15, 0.2) is 0 Å². The molecule has 1 aliphatic rings. The molecule has 2 N–H and O–H groups in total. The summed E-state index contributed by atoms with van der Waals surface area (Å²) in [7, 11) is 4.15. The molecule has 0 atom stereocenters. The fourth-order valence-corrected chi connectivity index (χ4v) is 3.94. The van der Waals surface area contributed by atoms with Crippen LogP contribution in [-0.4, -0.2) is 46.1 Å². The number of fused-ring (bicyclic) bond motifs is 1. The van der Waals surface area contributed by atoms with Crippen molar-refractivity contribution in [1.29, 1.82) is 5.26 Å². The molecular weight excluding hydrogens is 426 g/mol. The average Bonchev–Trinajstić information content (AvgIpc) is 2.81. The number of anilines is 4. The van der Waals surface area contributed by atoms with Gasteiger partial charge in [-0.05, 0) is 63.3 Å². The lowest BCUT2D eigenvalue weighted by molar-refractivity contribution is 0.0399. The second kappa shape index (κ2) is 9.33. The first-order chi connectivity index (χ1) is 16.6. The largest absolute Gasteiger partial charge is 0.489 e. The molecule has 2 aromatic heterocycles. The first kappa shape index (κ1) is 21.6. The van der Waals surface area contributed by atoms with Crippen LogP contribution in [0.4, 0.5) is 23.1 Å². The van der Waals surface area contributed by atoms with Crippen LogP contribution in [0.5, 0.6) is 5.75 Å². The fourth-order valence-electron chi connectivity index (χ4n) is 3.94. The molecule has 1 fully saturated rings. The molecule has 34 heavy (non-hydrogen) atoms. The molecule has 8 nitrogen and oxygen atoms in total. The highest BCUT2D eigenvalue weighted by Crippen LogP contribution is 2.31. The van der Waals surface area contributed by atoms with E-state index in [1.807, 2.05) is 42.5 Å². The third kappa shape index (κ3) is 4.75. The van der Waals surface area contributed by atoms with E-state index in [1.54, 1.807) is 24.5 Å². The number of aromatic nitrogens is 3. The molecule has 5 rings (SSSR count). The van der Waals surface area contributed by atoms with Crippen molar-refractivity contribution in [2.24, 2.45) is 0 Å². The van der Waals surface area contributed by atoms with Gasteiger partial charge in [0.2, 0.25) is 5.95 Å². The monoisotopic (exact) mass is 455 g/mol. The molecule has 1 aliphatic carbocycles. The third-order valence-corrected chi connectivity index (χ3v) is 5.97. The molecular formula is C26H29N7O. The first-order valence-corrected chi connectivity index (χ1v) is 11.2. The number of para-hydroxylation sites is 1. The van der Waals surface area contributed by atoms with Crippen molar-refractivity contribution in [2.75, 3.05) is 24.7 Å². The van der Waals surface area contributed by atoms with Crippen LogP contribution in [0.15, 0.2) is 67.0 Å². The number of hydrogen-bond acceptors (Lipinski definition) is 8. The number of rotatable bonds is 7. The minimum Gasteiger partial charge on any atom is -0.489 e. The van der Waals surface area contributed by atoms with Crippen molar-refractivity contribution >= 4 is 34.0 Å². The molecule has 1 saturated carbocycles. The van der Waals surface area contributed by atoms with Crippen LogP contribution in [0.2, 0.25) is 0 Å². The minimum atomic E-state index is 0. The SMILES string of the molecule is CN(C)C1CC(Oc2ccc(Nc3nccc(Nc4cnc5ccccc5c4)n3)cc2C#N)C1.[HH].[HH]. The summed E-state index contributed by atoms with van der Waals surface area (Å²) in [5.41, 5.74) is 2.97. The first-order valence-electron chi connectivity index (χ1n) is 11.2. The average molecular weight is 456 g/mol. The van der Waals surface area contributed by atoms with Crippen molar-refractivity contribution in [3.8, 4) is 11.8 Å². The van der Waals surface area contributed by atoms with E-state index in [9.17, 15) is 5.26 Å². The van der Waals surface area contributed by atoms with Gasteiger partial charge in [-0.3, -0.25) is 4.98 Å². The quantitative estimate of drug-likeness (QED) is 0.385. The van der Waals surface area contributed by atoms with E-state index in [0.717, 1.165) is 29.4 Å². The van der Waals surface area contributed by atoms with Crippen LogP contribution in [0.25, 0.3) is 10.9 Å². The highest BCUT2D eigenvalue weighted by Gasteiger charge is 2.32. The summed E-state index contributed by atoms with van der Waals surface area (Å²) in [6, 6.07) is 20.0. The summed E-state index contributed by atoms with van der Waals surface area (Å²) in [5.74, 6) is 1.66. The zero-order valence-electron chi connectivity index (χ0n) is 19.1. The van der Waals surface area contributed by atoms with E-state index in [0.29, 0.717) is 34.8 Å². The van der Waals surface area contributed by atoms with Crippen molar-refractivity contribution in [1.82, 2.24) is 19.9 Å². The molecule has 0 amide bonds. The highest BCUT2D eigenvalue weighted by molar-refractivity contribution is 5.82. The summed E-state index contributed by atoms with van der Waals surface area (Å²) >= 11 is 0. The summed E-state index contributed by atoms with van der Waals surface area (Å²) < 4.78 is 6.05. The number of pyridine rings is 1. The Morgan fingerprint density at radius 2 is 1.88 bits per heavy atom. The van der Waals surface area contributed by atoms with Gasteiger partial charge in [0.25, 0.3) is 0 Å². The minimum absolute atomic E-state index is 0. The second-order valence-corrected chi connectivity index (χ2v) is 8.58. The van der Waals surface area contributed by atoms with Crippen LogP contribution in [0, 0.1) is 11.3 Å². The molecule has 0 spiro atoms. The topological polar surface area (TPSA) is 99.0 Å². The van der Waals surface area contributed by atoms with Crippen molar-refractivity contribution in [3.63, 3.8) is 0 Å². The van der Waals surface area contributed by atoms with Gasteiger partial charge < -0.3 is 20.3 Å². The van der Waals surface area contributed by atoms with Crippen molar-refractivity contribution in [2.45, 2.75) is 25.0 Å². The van der Waals surface area contributed by atoms with Gasteiger partial charge in [0.1, 0.15) is 23.7 Å². The number of ether oxygens (including phenoxy) is 1. The summed E-state index contributed by atoms with van der Waals surface area (Å²) in [4.78, 5) is 15.5. The molecule has 2 heterocycles. The van der Waals surface area contributed by atoms with Crippen molar-refractivity contribution in [3.05, 3.63) is 72.6 Å². The number of nitrogens with zero attached hydrogens (tertiary/aromatic N) is 5. The van der Waals surface area contributed by atoms with Crippen LogP contribution >= 0.6 is 0 Å². The molecule has 4 aromatic rings. The summed E-state index contributed by atoms with van der Waals surface area (Å²) in [6.07, 6.45) is 5.54. The molecule has 0 radical (unpaired) electrons. The molecule has 0 aliphatic heterocycles. The molecule has 0 unspecified atom stereocenters. The van der Waals surface area contributed by atoms with E-state index >= 15 is 0 Å². The Bertz CT molecular complexity index is 1370. The maximum atomic E-state index is 9.62. The standard InChI is InChI=1S/C26H25N7O.2H2/c1-33(2)21-13-22(14-21)34-24-8-7-19(12-18(24)15-27)31-26-28-10-9-25(32-26)30-20-11-17-5-3-4-6-23(17)29-16-20;;/h3-12,16,21-22H,13-14H2,1-2H3,(H2,28,30,31,32);2*1H. The van der Waals surface area contributed by atoms with Gasteiger partial charge in [-0.1, -0.05) is 18.2 Å². The molecule has 2 aromatic carbocycles. The zero-order chi connectivity index (χ0) is 23.5. The van der Waals surface area contributed by atoms with Crippen molar-refractivity contribution < 1.29 is 7.59 Å². The lowest BCUT2D eigenvalue weighted by Gasteiger charge is -2.39. The number of nitrogens with one attached hydrogen (secondary N) is 2. The summed E-state index contributed by atoms with van der Waals surface area (Å²) in [6.45, 7) is 0. The van der Waals surface area contributed by atoms with E-state index < -0.39 is 0 Å². The summed E-state index contributed by atoms with van der Waals surface area (Å²) in [5, 5.41) is 17.1. The normalized spacial score (nSPS) is 17.1. The Morgan fingerprint density at radius 3 is 2.71 bits per heavy atom. The van der Waals surface area contributed by atoms with E-state index in [1.165, 1.54) is 0 Å². The molecule has 0 bridgehead atoms. The Hall–Kier alpha value is -4.22. The van der Waals surface area contributed by atoms with E-state index in [4.69, 9.17) is 4.74 Å². The predicted molar refractivity (Wildman–Crippen MR) is 137 cm³/mol. The van der Waals surface area contributed by atoms with Crippen LogP contribution in [0.3, 0.4) is 0 Å².